The predicted octanol–water partition coefficient (Wildman–Crippen LogP) is 1.96. The lowest BCUT2D eigenvalue weighted by Crippen LogP contribution is -2.49. The van der Waals surface area contributed by atoms with Crippen LogP contribution in [0.3, 0.4) is 0 Å². The lowest BCUT2D eigenvalue weighted by molar-refractivity contribution is 0.0584. The van der Waals surface area contributed by atoms with Gasteiger partial charge in [-0.05, 0) is 12.1 Å². The van der Waals surface area contributed by atoms with Gasteiger partial charge >= 0.3 is 0 Å². The van der Waals surface area contributed by atoms with Crippen molar-refractivity contribution < 1.29 is 9.53 Å². The highest BCUT2D eigenvalue weighted by molar-refractivity contribution is 6.30. The van der Waals surface area contributed by atoms with E-state index in [-0.39, 0.29) is 5.91 Å². The molecule has 122 valence electrons. The molecule has 1 aromatic heterocycles. The topological polar surface area (TPSA) is 50.6 Å². The van der Waals surface area contributed by atoms with Crippen LogP contribution in [0.15, 0.2) is 36.7 Å². The molecular weight excluding hydrogens is 316 g/mol. The van der Waals surface area contributed by atoms with E-state index in [1.807, 2.05) is 23.1 Å². The Labute approximate surface area is 140 Å². The maximum atomic E-state index is 12.6. The first-order chi connectivity index (χ1) is 11.2. The first kappa shape index (κ1) is 15.8. The minimum Gasteiger partial charge on any atom is -0.496 e. The molecule has 0 saturated carbocycles. The van der Waals surface area contributed by atoms with Crippen LogP contribution in [0.2, 0.25) is 5.02 Å². The number of hydrogen-bond acceptors (Lipinski definition) is 4. The number of aromatic nitrogens is 2. The third kappa shape index (κ3) is 3.65. The summed E-state index contributed by atoms with van der Waals surface area (Å²) in [6.07, 6.45) is 3.43. The van der Waals surface area contributed by atoms with Crippen LogP contribution in [0.25, 0.3) is 0 Å². The van der Waals surface area contributed by atoms with E-state index in [0.717, 1.165) is 13.1 Å². The summed E-state index contributed by atoms with van der Waals surface area (Å²) in [7, 11) is 1.58. The van der Waals surface area contributed by atoms with Gasteiger partial charge in [-0.3, -0.25) is 14.4 Å². The second kappa shape index (κ2) is 7.02. The van der Waals surface area contributed by atoms with E-state index >= 15 is 0 Å². The lowest BCUT2D eigenvalue weighted by Gasteiger charge is -2.34. The highest BCUT2D eigenvalue weighted by Crippen LogP contribution is 2.20. The normalized spacial score (nSPS) is 15.7. The number of ether oxygens (including phenoxy) is 1. The maximum Gasteiger partial charge on any atom is 0.257 e. The molecule has 0 radical (unpaired) electrons. The molecule has 0 aliphatic carbocycles. The summed E-state index contributed by atoms with van der Waals surface area (Å²) in [6, 6.07) is 7.33. The Morgan fingerprint density at radius 1 is 1.26 bits per heavy atom. The standard InChI is InChI=1S/C16H19ClN4O2/c1-23-15-5-3-2-4-14(15)16(22)20-8-6-19(7-9-20)12-21-11-13(17)10-18-21/h2-5,10-11H,6-9,12H2,1H3. The summed E-state index contributed by atoms with van der Waals surface area (Å²) in [4.78, 5) is 16.8. The van der Waals surface area contributed by atoms with Crippen molar-refractivity contribution in [1.29, 1.82) is 0 Å². The van der Waals surface area contributed by atoms with Gasteiger partial charge in [-0.15, -0.1) is 0 Å². The Morgan fingerprint density at radius 2 is 2.00 bits per heavy atom. The number of carbonyl (C=O) groups excluding carboxylic acids is 1. The molecule has 23 heavy (non-hydrogen) atoms. The van der Waals surface area contributed by atoms with Crippen LogP contribution >= 0.6 is 11.6 Å². The minimum atomic E-state index is 0.0178. The average Bonchev–Trinajstić information content (AvgIpc) is 3.00. The first-order valence-corrected chi connectivity index (χ1v) is 7.88. The fraction of sp³-hybridized carbons (Fsp3) is 0.375. The second-order valence-corrected chi connectivity index (χ2v) is 5.89. The van der Waals surface area contributed by atoms with Crippen molar-refractivity contribution in [2.24, 2.45) is 0 Å². The summed E-state index contributed by atoms with van der Waals surface area (Å²) in [5, 5.41) is 4.81. The Balaban J connectivity index is 1.59. The van der Waals surface area contributed by atoms with Gasteiger partial charge in [0.15, 0.2) is 0 Å². The fourth-order valence-corrected chi connectivity index (χ4v) is 2.86. The van der Waals surface area contributed by atoms with Crippen molar-refractivity contribution in [1.82, 2.24) is 19.6 Å². The van der Waals surface area contributed by atoms with Crippen LogP contribution in [-0.4, -0.2) is 58.8 Å². The fourth-order valence-electron chi connectivity index (χ4n) is 2.70. The smallest absolute Gasteiger partial charge is 0.257 e. The van der Waals surface area contributed by atoms with Crippen LogP contribution in [0.5, 0.6) is 5.75 Å². The van der Waals surface area contributed by atoms with Crippen LogP contribution in [0, 0.1) is 0 Å². The molecule has 1 fully saturated rings. The maximum absolute atomic E-state index is 12.6. The van der Waals surface area contributed by atoms with Gasteiger partial charge < -0.3 is 9.64 Å². The molecule has 0 N–H and O–H groups in total. The Hall–Kier alpha value is -2.05. The number of benzene rings is 1. The zero-order chi connectivity index (χ0) is 16.2. The van der Waals surface area contributed by atoms with Gasteiger partial charge in [0.1, 0.15) is 5.75 Å². The first-order valence-electron chi connectivity index (χ1n) is 7.50. The Morgan fingerprint density at radius 3 is 2.65 bits per heavy atom. The number of nitrogens with zero attached hydrogens (tertiary/aromatic N) is 4. The van der Waals surface area contributed by atoms with Gasteiger partial charge in [-0.2, -0.15) is 5.10 Å². The third-order valence-electron chi connectivity index (χ3n) is 3.94. The zero-order valence-corrected chi connectivity index (χ0v) is 13.7. The van der Waals surface area contributed by atoms with Crippen molar-refractivity contribution in [2.45, 2.75) is 6.67 Å². The van der Waals surface area contributed by atoms with E-state index < -0.39 is 0 Å². The van der Waals surface area contributed by atoms with Gasteiger partial charge in [0.05, 0.1) is 30.6 Å². The molecule has 0 spiro atoms. The number of hydrogen-bond donors (Lipinski definition) is 0. The molecule has 2 heterocycles. The molecule has 1 aromatic carbocycles. The monoisotopic (exact) mass is 334 g/mol. The van der Waals surface area contributed by atoms with Crippen LogP contribution in [0.4, 0.5) is 0 Å². The van der Waals surface area contributed by atoms with Crippen molar-refractivity contribution in [3.05, 3.63) is 47.2 Å². The molecule has 1 amide bonds. The summed E-state index contributed by atoms with van der Waals surface area (Å²) >= 11 is 5.87. The third-order valence-corrected chi connectivity index (χ3v) is 4.14. The Kier molecular flexibility index (Phi) is 4.83. The Bertz CT molecular complexity index is 680. The molecule has 6 nitrogen and oxygen atoms in total. The summed E-state index contributed by atoms with van der Waals surface area (Å²) in [5.41, 5.74) is 0.613. The molecule has 7 heteroatoms. The molecule has 1 aliphatic heterocycles. The molecule has 2 aromatic rings. The van der Waals surface area contributed by atoms with Crippen LogP contribution < -0.4 is 4.74 Å². The van der Waals surface area contributed by atoms with E-state index in [9.17, 15) is 4.79 Å². The van der Waals surface area contributed by atoms with E-state index in [1.165, 1.54) is 0 Å². The molecule has 0 atom stereocenters. The van der Waals surface area contributed by atoms with Crippen LogP contribution in [0.1, 0.15) is 10.4 Å². The largest absolute Gasteiger partial charge is 0.496 e. The highest BCUT2D eigenvalue weighted by Gasteiger charge is 2.24. The number of para-hydroxylation sites is 1. The van der Waals surface area contributed by atoms with E-state index in [4.69, 9.17) is 16.3 Å². The summed E-state index contributed by atoms with van der Waals surface area (Å²) in [5.74, 6) is 0.635. The molecular formula is C16H19ClN4O2. The molecule has 3 rings (SSSR count). The number of carbonyl (C=O) groups is 1. The van der Waals surface area contributed by atoms with Gasteiger partial charge in [0.2, 0.25) is 0 Å². The number of methoxy groups -OCH3 is 1. The predicted molar refractivity (Wildman–Crippen MR) is 87.7 cm³/mol. The SMILES string of the molecule is COc1ccccc1C(=O)N1CCN(Cn2cc(Cl)cn2)CC1. The van der Waals surface area contributed by atoms with E-state index in [2.05, 4.69) is 10.00 Å². The van der Waals surface area contributed by atoms with Gasteiger partial charge in [-0.1, -0.05) is 23.7 Å². The van der Waals surface area contributed by atoms with Gasteiger partial charge in [-0.25, -0.2) is 0 Å². The minimum absolute atomic E-state index is 0.0178. The van der Waals surface area contributed by atoms with Crippen molar-refractivity contribution in [3.63, 3.8) is 0 Å². The van der Waals surface area contributed by atoms with Crippen molar-refractivity contribution in [2.75, 3.05) is 33.3 Å². The van der Waals surface area contributed by atoms with Gasteiger partial charge in [0.25, 0.3) is 5.91 Å². The summed E-state index contributed by atoms with van der Waals surface area (Å²) < 4.78 is 7.08. The van der Waals surface area contributed by atoms with E-state index in [1.54, 1.807) is 30.3 Å². The quantitative estimate of drug-likeness (QED) is 0.857. The number of piperazine rings is 1. The number of halogens is 1. The molecule has 0 bridgehead atoms. The number of rotatable bonds is 4. The molecule has 1 aliphatic rings. The second-order valence-electron chi connectivity index (χ2n) is 5.45. The summed E-state index contributed by atoms with van der Waals surface area (Å²) in [6.45, 7) is 3.66. The zero-order valence-electron chi connectivity index (χ0n) is 13.0. The van der Waals surface area contributed by atoms with Gasteiger partial charge in [0, 0.05) is 32.4 Å². The van der Waals surface area contributed by atoms with Crippen molar-refractivity contribution in [3.8, 4) is 5.75 Å². The number of amides is 1. The molecule has 1 saturated heterocycles. The highest BCUT2D eigenvalue weighted by atomic mass is 35.5. The lowest BCUT2D eigenvalue weighted by atomic mass is 10.1. The van der Waals surface area contributed by atoms with E-state index in [0.29, 0.717) is 36.1 Å². The molecule has 0 unspecified atom stereocenters. The van der Waals surface area contributed by atoms with Crippen LogP contribution in [-0.2, 0) is 6.67 Å². The average molecular weight is 335 g/mol. The van der Waals surface area contributed by atoms with Crippen molar-refractivity contribution >= 4 is 17.5 Å².